The lowest BCUT2D eigenvalue weighted by molar-refractivity contribution is 0.0423. The first-order valence-electron chi connectivity index (χ1n) is 7.74. The Bertz CT molecular complexity index is 428. The number of ether oxygens (including phenoxy) is 2. The van der Waals surface area contributed by atoms with Crippen molar-refractivity contribution in [1.29, 1.82) is 0 Å². The maximum absolute atomic E-state index is 10.2. The highest BCUT2D eigenvalue weighted by molar-refractivity contribution is 5.39. The van der Waals surface area contributed by atoms with Gasteiger partial charge in [0.2, 0.25) is 0 Å². The number of piperidine rings is 1. The first-order chi connectivity index (χ1) is 10.1. The van der Waals surface area contributed by atoms with Crippen LogP contribution in [0.15, 0.2) is 24.3 Å². The Hall–Kier alpha value is -1.26. The van der Waals surface area contributed by atoms with Crippen LogP contribution < -0.4 is 9.47 Å². The Morgan fingerprint density at radius 2 is 1.81 bits per heavy atom. The van der Waals surface area contributed by atoms with E-state index >= 15 is 0 Å². The molecule has 0 radical (unpaired) electrons. The van der Waals surface area contributed by atoms with Crippen LogP contribution in [0.5, 0.6) is 11.5 Å². The number of β-amino-alcohol motifs (C(OH)–C–C–N with tert-alkyl or cyclic N) is 1. The molecule has 0 saturated carbocycles. The van der Waals surface area contributed by atoms with E-state index in [0.717, 1.165) is 13.1 Å². The van der Waals surface area contributed by atoms with E-state index in [2.05, 4.69) is 18.7 Å². The van der Waals surface area contributed by atoms with Gasteiger partial charge < -0.3 is 19.5 Å². The number of aliphatic hydroxyl groups excluding tert-OH is 1. The molecule has 0 spiro atoms. The quantitative estimate of drug-likeness (QED) is 0.874. The molecule has 0 amide bonds. The van der Waals surface area contributed by atoms with Crippen LogP contribution in [0, 0.1) is 11.8 Å². The molecule has 1 aliphatic rings. The molecule has 0 bridgehead atoms. The van der Waals surface area contributed by atoms with Crippen LogP contribution in [0.2, 0.25) is 0 Å². The van der Waals surface area contributed by atoms with Gasteiger partial charge in [0.15, 0.2) is 11.5 Å². The fourth-order valence-corrected chi connectivity index (χ4v) is 3.22. The second kappa shape index (κ2) is 7.66. The van der Waals surface area contributed by atoms with Crippen molar-refractivity contribution in [3.05, 3.63) is 24.3 Å². The minimum atomic E-state index is -0.479. The Morgan fingerprint density at radius 3 is 2.43 bits per heavy atom. The average molecular weight is 293 g/mol. The zero-order valence-electron chi connectivity index (χ0n) is 13.3. The van der Waals surface area contributed by atoms with Crippen LogP contribution in [0.3, 0.4) is 0 Å². The van der Waals surface area contributed by atoms with Crippen LogP contribution in [0.1, 0.15) is 20.3 Å². The monoisotopic (exact) mass is 293 g/mol. The molecule has 118 valence electrons. The van der Waals surface area contributed by atoms with Gasteiger partial charge in [-0.05, 0) is 30.4 Å². The van der Waals surface area contributed by atoms with E-state index in [-0.39, 0.29) is 0 Å². The van der Waals surface area contributed by atoms with Crippen LogP contribution in [0.25, 0.3) is 0 Å². The van der Waals surface area contributed by atoms with E-state index in [0.29, 0.717) is 36.5 Å². The average Bonchev–Trinajstić information content (AvgIpc) is 2.44. The third-order valence-electron chi connectivity index (χ3n) is 3.91. The van der Waals surface area contributed by atoms with Gasteiger partial charge in [-0.1, -0.05) is 26.0 Å². The molecule has 4 heteroatoms. The molecule has 1 aromatic carbocycles. The lowest BCUT2D eigenvalue weighted by atomic mass is 9.92. The SMILES string of the molecule is COc1ccccc1OC[C@@H](O)CN1C[C@@H](C)C[C@H](C)C1. The number of benzene rings is 1. The summed E-state index contributed by atoms with van der Waals surface area (Å²) < 4.78 is 10.9. The third-order valence-corrected chi connectivity index (χ3v) is 3.91. The summed E-state index contributed by atoms with van der Waals surface area (Å²) in [5.41, 5.74) is 0. The van der Waals surface area contributed by atoms with Gasteiger partial charge in [-0.2, -0.15) is 0 Å². The highest BCUT2D eigenvalue weighted by Gasteiger charge is 2.23. The summed E-state index contributed by atoms with van der Waals surface area (Å²) in [6.45, 7) is 7.65. The fourth-order valence-electron chi connectivity index (χ4n) is 3.22. The van der Waals surface area contributed by atoms with Crippen molar-refractivity contribution in [3.8, 4) is 11.5 Å². The number of hydrogen-bond donors (Lipinski definition) is 1. The number of hydrogen-bond acceptors (Lipinski definition) is 4. The van der Waals surface area contributed by atoms with Crippen molar-refractivity contribution in [1.82, 2.24) is 4.90 Å². The van der Waals surface area contributed by atoms with Gasteiger partial charge in [-0.15, -0.1) is 0 Å². The molecule has 4 nitrogen and oxygen atoms in total. The standard InChI is InChI=1S/C17H27NO3/c1-13-8-14(2)10-18(9-13)11-15(19)12-21-17-7-5-4-6-16(17)20-3/h4-7,13-15,19H,8-12H2,1-3H3/t13-,14-,15-/m0/s1. The summed E-state index contributed by atoms with van der Waals surface area (Å²) >= 11 is 0. The molecule has 1 aliphatic heterocycles. The van der Waals surface area contributed by atoms with Crippen molar-refractivity contribution >= 4 is 0 Å². The van der Waals surface area contributed by atoms with E-state index in [9.17, 15) is 5.11 Å². The summed E-state index contributed by atoms with van der Waals surface area (Å²) in [6, 6.07) is 7.52. The molecule has 0 aromatic heterocycles. The fraction of sp³-hybridized carbons (Fsp3) is 0.647. The molecule has 0 unspecified atom stereocenters. The number of aliphatic hydroxyl groups is 1. The summed E-state index contributed by atoms with van der Waals surface area (Å²) in [7, 11) is 1.62. The lowest BCUT2D eigenvalue weighted by Gasteiger charge is -2.35. The van der Waals surface area contributed by atoms with Gasteiger partial charge in [0.05, 0.1) is 7.11 Å². The number of para-hydroxylation sites is 2. The van der Waals surface area contributed by atoms with Gasteiger partial charge in [0, 0.05) is 19.6 Å². The predicted octanol–water partition coefficient (Wildman–Crippen LogP) is 2.41. The van der Waals surface area contributed by atoms with Gasteiger partial charge >= 0.3 is 0 Å². The second-order valence-corrected chi connectivity index (χ2v) is 6.28. The van der Waals surface area contributed by atoms with Crippen molar-refractivity contribution < 1.29 is 14.6 Å². The molecular formula is C17H27NO3. The maximum Gasteiger partial charge on any atom is 0.161 e. The second-order valence-electron chi connectivity index (χ2n) is 6.28. The number of nitrogens with zero attached hydrogens (tertiary/aromatic N) is 1. The van der Waals surface area contributed by atoms with Crippen LogP contribution in [-0.2, 0) is 0 Å². The first kappa shape index (κ1) is 16.1. The molecule has 0 aliphatic carbocycles. The summed E-state index contributed by atoms with van der Waals surface area (Å²) in [5, 5.41) is 10.2. The number of methoxy groups -OCH3 is 1. The van der Waals surface area contributed by atoms with Gasteiger partial charge in [-0.3, -0.25) is 0 Å². The highest BCUT2D eigenvalue weighted by atomic mass is 16.5. The maximum atomic E-state index is 10.2. The minimum Gasteiger partial charge on any atom is -0.493 e. The van der Waals surface area contributed by atoms with E-state index in [1.54, 1.807) is 7.11 Å². The summed E-state index contributed by atoms with van der Waals surface area (Å²) in [5.74, 6) is 2.79. The van der Waals surface area contributed by atoms with E-state index in [1.165, 1.54) is 6.42 Å². The van der Waals surface area contributed by atoms with Crippen molar-refractivity contribution in [2.45, 2.75) is 26.4 Å². The highest BCUT2D eigenvalue weighted by Crippen LogP contribution is 2.26. The number of rotatable bonds is 6. The zero-order chi connectivity index (χ0) is 15.2. The third kappa shape index (κ3) is 4.90. The van der Waals surface area contributed by atoms with Crippen molar-refractivity contribution in [2.24, 2.45) is 11.8 Å². The summed E-state index contributed by atoms with van der Waals surface area (Å²) in [6.07, 6.45) is 0.803. The Kier molecular flexibility index (Phi) is 5.88. The zero-order valence-corrected chi connectivity index (χ0v) is 13.3. The molecular weight excluding hydrogens is 266 g/mol. The predicted molar refractivity (Wildman–Crippen MR) is 83.9 cm³/mol. The Morgan fingerprint density at radius 1 is 1.19 bits per heavy atom. The molecule has 21 heavy (non-hydrogen) atoms. The molecule has 1 aromatic rings. The van der Waals surface area contributed by atoms with Crippen LogP contribution >= 0.6 is 0 Å². The molecule has 1 heterocycles. The lowest BCUT2D eigenvalue weighted by Crippen LogP contribution is -2.44. The van der Waals surface area contributed by atoms with E-state index in [1.807, 2.05) is 24.3 Å². The van der Waals surface area contributed by atoms with Crippen molar-refractivity contribution in [2.75, 3.05) is 33.4 Å². The van der Waals surface area contributed by atoms with E-state index in [4.69, 9.17) is 9.47 Å². The Labute approximate surface area is 127 Å². The van der Waals surface area contributed by atoms with Crippen molar-refractivity contribution in [3.63, 3.8) is 0 Å². The smallest absolute Gasteiger partial charge is 0.161 e. The topological polar surface area (TPSA) is 41.9 Å². The molecule has 3 atom stereocenters. The largest absolute Gasteiger partial charge is 0.493 e. The van der Waals surface area contributed by atoms with Crippen LogP contribution in [0.4, 0.5) is 0 Å². The van der Waals surface area contributed by atoms with Crippen LogP contribution in [-0.4, -0.2) is 49.5 Å². The van der Waals surface area contributed by atoms with Gasteiger partial charge in [0.25, 0.3) is 0 Å². The summed E-state index contributed by atoms with van der Waals surface area (Å²) in [4.78, 5) is 2.34. The van der Waals surface area contributed by atoms with E-state index < -0.39 is 6.10 Å². The minimum absolute atomic E-state index is 0.291. The molecule has 1 saturated heterocycles. The van der Waals surface area contributed by atoms with Gasteiger partial charge in [-0.25, -0.2) is 0 Å². The first-order valence-corrected chi connectivity index (χ1v) is 7.74. The molecule has 2 rings (SSSR count). The normalized spacial score (nSPS) is 24.6. The Balaban J connectivity index is 1.80. The molecule has 1 N–H and O–H groups in total. The van der Waals surface area contributed by atoms with Gasteiger partial charge in [0.1, 0.15) is 12.7 Å². The number of likely N-dealkylation sites (tertiary alicyclic amines) is 1. The molecule has 1 fully saturated rings.